The van der Waals surface area contributed by atoms with Crippen molar-refractivity contribution in [1.82, 2.24) is 0 Å². The second-order valence-corrected chi connectivity index (χ2v) is 1.61. The van der Waals surface area contributed by atoms with E-state index < -0.39 is 0 Å². The molecule has 0 aromatic carbocycles. The third kappa shape index (κ3) is 1.35. The highest BCUT2D eigenvalue weighted by Gasteiger charge is 2.32. The number of halogens is 1. The summed E-state index contributed by atoms with van der Waals surface area (Å²) in [6.45, 7) is 0.482. The maximum Gasteiger partial charge on any atom is 0.338 e. The van der Waals surface area contributed by atoms with Crippen molar-refractivity contribution < 1.29 is 14.3 Å². The topological polar surface area (TPSA) is 38.8 Å². The fourth-order valence-corrected chi connectivity index (χ4v) is 0.438. The van der Waals surface area contributed by atoms with Gasteiger partial charge in [0.25, 0.3) is 0 Å². The summed E-state index contributed by atoms with van der Waals surface area (Å²) >= 11 is 5.07. The van der Waals surface area contributed by atoms with Crippen molar-refractivity contribution in [2.75, 3.05) is 12.7 Å². The zero-order valence-electron chi connectivity index (χ0n) is 4.09. The second kappa shape index (κ2) is 2.33. The number of carbonyl (C=O) groups excluding carboxylic acids is 1. The predicted octanol–water partition coefficient (Wildman–Crippen LogP) is 0.125. The van der Waals surface area contributed by atoms with Crippen LogP contribution in [0.15, 0.2) is 0 Å². The van der Waals surface area contributed by atoms with Gasteiger partial charge in [-0.3, -0.25) is 0 Å². The van der Waals surface area contributed by atoms with Crippen molar-refractivity contribution in [1.29, 1.82) is 0 Å². The molecule has 0 aromatic rings. The van der Waals surface area contributed by atoms with Gasteiger partial charge >= 0.3 is 5.97 Å². The predicted molar refractivity (Wildman–Crippen MR) is 26.6 cm³/mol. The van der Waals surface area contributed by atoms with Crippen molar-refractivity contribution in [3.63, 3.8) is 0 Å². The second-order valence-electron chi connectivity index (χ2n) is 1.39. The normalized spacial score (nSPS) is 24.9. The number of carbonyl (C=O) groups is 1. The van der Waals surface area contributed by atoms with Crippen LogP contribution in [0.2, 0.25) is 0 Å². The number of esters is 1. The van der Waals surface area contributed by atoms with Gasteiger partial charge in [-0.15, -0.1) is 0 Å². The summed E-state index contributed by atoms with van der Waals surface area (Å²) in [6.07, 6.45) is -0.325. The highest BCUT2D eigenvalue weighted by molar-refractivity contribution is 6.17. The molecule has 1 fully saturated rings. The van der Waals surface area contributed by atoms with E-state index >= 15 is 0 Å². The van der Waals surface area contributed by atoms with E-state index in [1.807, 2.05) is 0 Å². The molecule has 0 aliphatic carbocycles. The molecule has 3 nitrogen and oxygen atoms in total. The molecule has 1 aliphatic heterocycles. The summed E-state index contributed by atoms with van der Waals surface area (Å²) in [7, 11) is 0. The molecule has 8 heavy (non-hydrogen) atoms. The third-order valence-corrected chi connectivity index (χ3v) is 0.902. The Balaban J connectivity index is 2.13. The Morgan fingerprint density at radius 3 is 3.00 bits per heavy atom. The summed E-state index contributed by atoms with van der Waals surface area (Å²) in [6, 6.07) is -0.0846. The number of ether oxygens (including phenoxy) is 2. The molecule has 46 valence electrons. The maximum absolute atomic E-state index is 10.4. The zero-order chi connectivity index (χ0) is 5.98. The molecule has 1 unspecified atom stereocenters. The molecule has 1 saturated heterocycles. The lowest BCUT2D eigenvalue weighted by Crippen LogP contribution is -2.09. The van der Waals surface area contributed by atoms with Crippen molar-refractivity contribution in [2.45, 2.75) is 6.10 Å². The van der Waals surface area contributed by atoms with Crippen LogP contribution in [-0.4, -0.2) is 24.7 Å². The van der Waals surface area contributed by atoms with Gasteiger partial charge in [0.15, 0.2) is 12.2 Å². The lowest BCUT2D eigenvalue weighted by atomic mass is 10.5. The molecule has 0 saturated carbocycles. The van der Waals surface area contributed by atoms with Crippen LogP contribution in [0.1, 0.15) is 0 Å². The highest BCUT2D eigenvalue weighted by Crippen LogP contribution is 2.10. The van der Waals surface area contributed by atoms with Gasteiger partial charge in [0.1, 0.15) is 0 Å². The number of epoxide rings is 1. The molecule has 0 bridgehead atoms. The summed E-state index contributed by atoms with van der Waals surface area (Å²) in [4.78, 5) is 10.4. The molecule has 1 heterocycles. The van der Waals surface area contributed by atoms with Crippen LogP contribution in [-0.2, 0) is 14.3 Å². The summed E-state index contributed by atoms with van der Waals surface area (Å²) in [5, 5.41) is 0. The molecule has 0 N–H and O–H groups in total. The zero-order valence-corrected chi connectivity index (χ0v) is 4.85. The van der Waals surface area contributed by atoms with Crippen LogP contribution in [0.5, 0.6) is 0 Å². The molecule has 0 spiro atoms. The molecule has 1 rings (SSSR count). The molecule has 0 amide bonds. The van der Waals surface area contributed by atoms with Crippen LogP contribution >= 0.6 is 11.6 Å². The molecule has 1 aliphatic rings. The van der Waals surface area contributed by atoms with E-state index in [-0.39, 0.29) is 18.1 Å². The van der Waals surface area contributed by atoms with E-state index in [1.54, 1.807) is 0 Å². The largest absolute Gasteiger partial charge is 0.447 e. The van der Waals surface area contributed by atoms with Gasteiger partial charge in [0.05, 0.1) is 6.61 Å². The van der Waals surface area contributed by atoms with Gasteiger partial charge in [-0.1, -0.05) is 11.6 Å². The molecule has 1 atom stereocenters. The third-order valence-electron chi connectivity index (χ3n) is 0.793. The summed E-state index contributed by atoms with van der Waals surface area (Å²) in [5.41, 5.74) is 0. The first-order chi connectivity index (χ1) is 3.84. The van der Waals surface area contributed by atoms with E-state index in [2.05, 4.69) is 9.47 Å². The smallest absolute Gasteiger partial charge is 0.338 e. The van der Waals surface area contributed by atoms with E-state index in [9.17, 15) is 4.79 Å². The van der Waals surface area contributed by atoms with Gasteiger partial charge in [-0.25, -0.2) is 4.79 Å². The average molecular weight is 137 g/mol. The first-order valence-corrected chi connectivity index (χ1v) is 2.72. The molecule has 0 aromatic heterocycles. The Morgan fingerprint density at radius 1 is 2.00 bits per heavy atom. The number of hydrogen-bond donors (Lipinski definition) is 0. The SMILES string of the molecule is O=C(OCCl)C1CO1. The number of rotatable bonds is 2. The quantitative estimate of drug-likeness (QED) is 0.308. The monoisotopic (exact) mass is 136 g/mol. The Bertz CT molecular complexity index is 99.5. The molecule has 4 heteroatoms. The summed E-state index contributed by atoms with van der Waals surface area (Å²) < 4.78 is 8.96. The van der Waals surface area contributed by atoms with E-state index in [0.717, 1.165) is 0 Å². The van der Waals surface area contributed by atoms with E-state index in [1.165, 1.54) is 0 Å². The van der Waals surface area contributed by atoms with Gasteiger partial charge < -0.3 is 9.47 Å². The lowest BCUT2D eigenvalue weighted by Gasteiger charge is -1.92. The fourth-order valence-electron chi connectivity index (χ4n) is 0.331. The first kappa shape index (κ1) is 5.85. The van der Waals surface area contributed by atoms with Crippen LogP contribution in [0, 0.1) is 0 Å². The first-order valence-electron chi connectivity index (χ1n) is 2.19. The maximum atomic E-state index is 10.4. The van der Waals surface area contributed by atoms with Crippen LogP contribution < -0.4 is 0 Å². The van der Waals surface area contributed by atoms with Crippen molar-refractivity contribution >= 4 is 17.6 Å². The summed E-state index contributed by atoms with van der Waals surface area (Å²) in [5.74, 6) is -0.361. The Kier molecular flexibility index (Phi) is 1.70. The standard InChI is InChI=1S/C4H5ClO3/c5-2-8-4(6)3-1-7-3/h3H,1-2H2. The number of alkyl halides is 1. The minimum atomic E-state index is -0.361. The van der Waals surface area contributed by atoms with Crippen molar-refractivity contribution in [3.05, 3.63) is 0 Å². The van der Waals surface area contributed by atoms with Gasteiger partial charge in [0, 0.05) is 0 Å². The molecule has 0 radical (unpaired) electrons. The lowest BCUT2D eigenvalue weighted by molar-refractivity contribution is -0.142. The van der Waals surface area contributed by atoms with Crippen LogP contribution in [0.3, 0.4) is 0 Å². The molecular formula is C4H5ClO3. The van der Waals surface area contributed by atoms with Gasteiger partial charge in [-0.05, 0) is 0 Å². The average Bonchev–Trinajstić information content (AvgIpc) is 2.45. The Morgan fingerprint density at radius 2 is 2.62 bits per heavy atom. The van der Waals surface area contributed by atoms with E-state index in [0.29, 0.717) is 6.61 Å². The van der Waals surface area contributed by atoms with E-state index in [4.69, 9.17) is 11.6 Å². The highest BCUT2D eigenvalue weighted by atomic mass is 35.5. The Labute approximate surface area is 51.5 Å². The van der Waals surface area contributed by atoms with Gasteiger partial charge in [0.2, 0.25) is 0 Å². The number of hydrogen-bond acceptors (Lipinski definition) is 3. The van der Waals surface area contributed by atoms with Crippen molar-refractivity contribution in [2.24, 2.45) is 0 Å². The van der Waals surface area contributed by atoms with Crippen LogP contribution in [0.25, 0.3) is 0 Å². The minimum Gasteiger partial charge on any atom is -0.447 e. The van der Waals surface area contributed by atoms with Crippen LogP contribution in [0.4, 0.5) is 0 Å². The van der Waals surface area contributed by atoms with Gasteiger partial charge in [-0.2, -0.15) is 0 Å². The minimum absolute atomic E-state index is 0.0846. The molecular weight excluding hydrogens is 131 g/mol. The fraction of sp³-hybridized carbons (Fsp3) is 0.750. The Hall–Kier alpha value is -0.280. The van der Waals surface area contributed by atoms with Crippen molar-refractivity contribution in [3.8, 4) is 0 Å².